The van der Waals surface area contributed by atoms with Crippen molar-refractivity contribution in [3.8, 4) is 0 Å². The van der Waals surface area contributed by atoms with E-state index in [2.05, 4.69) is 31.0 Å². The molecule has 20 heavy (non-hydrogen) atoms. The lowest BCUT2D eigenvalue weighted by Gasteiger charge is -2.25. The van der Waals surface area contributed by atoms with Crippen LogP contribution in [0.5, 0.6) is 0 Å². The second-order valence-electron chi connectivity index (χ2n) is 6.53. The molecule has 1 heterocycles. The second kappa shape index (κ2) is 7.99. The van der Waals surface area contributed by atoms with Gasteiger partial charge in [0.25, 0.3) is 0 Å². The maximum absolute atomic E-state index is 12.6. The first-order chi connectivity index (χ1) is 9.44. The molecule has 0 bridgehead atoms. The van der Waals surface area contributed by atoms with Crippen molar-refractivity contribution in [2.45, 2.75) is 71.5 Å². The Bertz CT molecular complexity index is 307. The quantitative estimate of drug-likeness (QED) is 0.662. The van der Waals surface area contributed by atoms with E-state index in [9.17, 15) is 4.79 Å². The second-order valence-corrected chi connectivity index (χ2v) is 6.53. The van der Waals surface area contributed by atoms with E-state index in [-0.39, 0.29) is 17.6 Å². The van der Waals surface area contributed by atoms with Crippen LogP contribution in [0.4, 0.5) is 0 Å². The third-order valence-corrected chi connectivity index (χ3v) is 4.24. The molecule has 0 aromatic rings. The van der Waals surface area contributed by atoms with Crippen molar-refractivity contribution < 1.29 is 9.53 Å². The molecule has 1 saturated heterocycles. The first-order valence-corrected chi connectivity index (χ1v) is 8.02. The van der Waals surface area contributed by atoms with Crippen LogP contribution in [0.2, 0.25) is 0 Å². The number of ether oxygens (including phenoxy) is 1. The molecule has 1 aliphatic rings. The molecule has 4 heteroatoms. The third-order valence-electron chi connectivity index (χ3n) is 4.24. The van der Waals surface area contributed by atoms with Crippen molar-refractivity contribution in [1.29, 1.82) is 0 Å². The first-order valence-electron chi connectivity index (χ1n) is 8.02. The fourth-order valence-electron chi connectivity index (χ4n) is 2.81. The van der Waals surface area contributed by atoms with E-state index in [4.69, 9.17) is 4.74 Å². The molecule has 0 radical (unpaired) electrons. The topological polar surface area (TPSA) is 41.6 Å². The fourth-order valence-corrected chi connectivity index (χ4v) is 2.81. The van der Waals surface area contributed by atoms with Crippen molar-refractivity contribution in [2.24, 2.45) is 5.92 Å². The van der Waals surface area contributed by atoms with Gasteiger partial charge in [-0.15, -0.1) is 0 Å². The molecule has 0 aliphatic carbocycles. The number of unbranched alkanes of at least 4 members (excludes halogenated alkanes) is 2. The van der Waals surface area contributed by atoms with Gasteiger partial charge in [0.1, 0.15) is 0 Å². The molecule has 1 aliphatic heterocycles. The predicted molar refractivity (Wildman–Crippen MR) is 82.5 cm³/mol. The number of hydrogen-bond acceptors (Lipinski definition) is 3. The molecule has 0 saturated carbocycles. The Morgan fingerprint density at radius 2 is 2.05 bits per heavy atom. The van der Waals surface area contributed by atoms with Crippen molar-refractivity contribution in [3.05, 3.63) is 0 Å². The summed E-state index contributed by atoms with van der Waals surface area (Å²) in [6, 6.07) is 0. The maximum atomic E-state index is 12.6. The lowest BCUT2D eigenvalue weighted by atomic mass is 9.99. The highest BCUT2D eigenvalue weighted by atomic mass is 16.5. The van der Waals surface area contributed by atoms with Gasteiger partial charge in [-0.05, 0) is 44.9 Å². The summed E-state index contributed by atoms with van der Waals surface area (Å²) in [6.07, 6.45) is 5.33. The lowest BCUT2D eigenvalue weighted by Crippen LogP contribution is -2.44. The molecule has 118 valence electrons. The minimum atomic E-state index is -0.369. The number of amides is 1. The summed E-state index contributed by atoms with van der Waals surface area (Å²) in [5, 5.41) is 3.55. The molecule has 2 unspecified atom stereocenters. The summed E-state index contributed by atoms with van der Waals surface area (Å²) >= 11 is 0. The zero-order chi connectivity index (χ0) is 15.2. The monoisotopic (exact) mass is 284 g/mol. The molecule has 1 fully saturated rings. The average molecular weight is 284 g/mol. The van der Waals surface area contributed by atoms with Gasteiger partial charge in [0.05, 0.1) is 11.7 Å². The normalized spacial score (nSPS) is 26.8. The van der Waals surface area contributed by atoms with E-state index >= 15 is 0 Å². The van der Waals surface area contributed by atoms with Crippen LogP contribution < -0.4 is 5.32 Å². The zero-order valence-corrected chi connectivity index (χ0v) is 13.9. The Labute approximate surface area is 124 Å². The van der Waals surface area contributed by atoms with Crippen LogP contribution in [-0.2, 0) is 9.53 Å². The Hall–Kier alpha value is -0.610. The van der Waals surface area contributed by atoms with Crippen LogP contribution in [0.1, 0.15) is 59.8 Å². The van der Waals surface area contributed by atoms with Gasteiger partial charge in [0, 0.05) is 20.3 Å². The van der Waals surface area contributed by atoms with E-state index in [0.29, 0.717) is 5.92 Å². The van der Waals surface area contributed by atoms with Gasteiger partial charge in [-0.25, -0.2) is 0 Å². The Kier molecular flexibility index (Phi) is 6.96. The van der Waals surface area contributed by atoms with E-state index < -0.39 is 0 Å². The van der Waals surface area contributed by atoms with Crippen LogP contribution in [0, 0.1) is 5.92 Å². The van der Waals surface area contributed by atoms with Crippen LogP contribution in [0.25, 0.3) is 0 Å². The molecule has 1 amide bonds. The number of nitrogens with zero attached hydrogens (tertiary/aromatic N) is 1. The fraction of sp³-hybridized carbons (Fsp3) is 0.938. The highest BCUT2D eigenvalue weighted by molar-refractivity contribution is 5.88. The highest BCUT2D eigenvalue weighted by Gasteiger charge is 2.46. The van der Waals surface area contributed by atoms with Gasteiger partial charge >= 0.3 is 0 Å². The molecule has 0 aromatic carbocycles. The third kappa shape index (κ3) is 4.45. The number of carbonyl (C=O) groups is 1. The molecule has 0 spiro atoms. The summed E-state index contributed by atoms with van der Waals surface area (Å²) in [6.45, 7) is 10.2. The van der Waals surface area contributed by atoms with Crippen molar-refractivity contribution in [3.63, 3.8) is 0 Å². The summed E-state index contributed by atoms with van der Waals surface area (Å²) in [4.78, 5) is 14.7. The SMILES string of the molecule is CCC1(C)NC(CC(C)C)N(CCCCCOC)C1=O. The largest absolute Gasteiger partial charge is 0.385 e. The van der Waals surface area contributed by atoms with E-state index in [1.54, 1.807) is 7.11 Å². The molecule has 1 N–H and O–H groups in total. The number of hydrogen-bond donors (Lipinski definition) is 1. The molecule has 4 nitrogen and oxygen atoms in total. The Balaban J connectivity index is 2.56. The standard InChI is InChI=1S/C16H32N2O2/c1-6-16(4)15(19)18(10-8-7-9-11-20-5)14(17-16)12-13(2)3/h13-14,17H,6-12H2,1-5H3. The Morgan fingerprint density at radius 1 is 1.35 bits per heavy atom. The summed E-state index contributed by atoms with van der Waals surface area (Å²) in [5.41, 5.74) is -0.369. The van der Waals surface area contributed by atoms with E-state index in [1.807, 2.05) is 6.92 Å². The van der Waals surface area contributed by atoms with Gasteiger partial charge in [0.15, 0.2) is 0 Å². The Morgan fingerprint density at radius 3 is 2.60 bits per heavy atom. The van der Waals surface area contributed by atoms with Crippen molar-refractivity contribution in [1.82, 2.24) is 10.2 Å². The van der Waals surface area contributed by atoms with Gasteiger partial charge in [-0.2, -0.15) is 0 Å². The minimum Gasteiger partial charge on any atom is -0.385 e. The van der Waals surface area contributed by atoms with Crippen molar-refractivity contribution in [2.75, 3.05) is 20.3 Å². The van der Waals surface area contributed by atoms with Crippen molar-refractivity contribution >= 4 is 5.91 Å². The molecular formula is C16H32N2O2. The van der Waals surface area contributed by atoms with Crippen LogP contribution in [0.3, 0.4) is 0 Å². The number of rotatable bonds is 9. The van der Waals surface area contributed by atoms with Crippen LogP contribution >= 0.6 is 0 Å². The van der Waals surface area contributed by atoms with Gasteiger partial charge in [-0.1, -0.05) is 20.8 Å². The molecule has 2 atom stereocenters. The van der Waals surface area contributed by atoms with Gasteiger partial charge in [-0.3, -0.25) is 10.1 Å². The molecule has 0 aromatic heterocycles. The minimum absolute atomic E-state index is 0.204. The zero-order valence-electron chi connectivity index (χ0n) is 13.9. The smallest absolute Gasteiger partial charge is 0.243 e. The van der Waals surface area contributed by atoms with Gasteiger partial charge in [0.2, 0.25) is 5.91 Å². The molecule has 1 rings (SSSR count). The van der Waals surface area contributed by atoms with E-state index in [0.717, 1.165) is 45.3 Å². The highest BCUT2D eigenvalue weighted by Crippen LogP contribution is 2.27. The lowest BCUT2D eigenvalue weighted by molar-refractivity contribution is -0.133. The van der Waals surface area contributed by atoms with Crippen LogP contribution in [-0.4, -0.2) is 42.8 Å². The van der Waals surface area contributed by atoms with E-state index in [1.165, 1.54) is 0 Å². The van der Waals surface area contributed by atoms with Crippen LogP contribution in [0.15, 0.2) is 0 Å². The summed E-state index contributed by atoms with van der Waals surface area (Å²) < 4.78 is 5.07. The molecular weight excluding hydrogens is 252 g/mol. The maximum Gasteiger partial charge on any atom is 0.243 e. The average Bonchev–Trinajstić information content (AvgIpc) is 2.62. The summed E-state index contributed by atoms with van der Waals surface area (Å²) in [7, 11) is 1.74. The van der Waals surface area contributed by atoms with Gasteiger partial charge < -0.3 is 9.64 Å². The number of methoxy groups -OCH3 is 1. The predicted octanol–water partition coefficient (Wildman–Crippen LogP) is 2.78. The summed E-state index contributed by atoms with van der Waals surface area (Å²) in [5.74, 6) is 0.868. The number of nitrogens with one attached hydrogen (secondary N) is 1. The first kappa shape index (κ1) is 17.4. The number of carbonyl (C=O) groups excluding carboxylic acids is 1.